The lowest BCUT2D eigenvalue weighted by molar-refractivity contribution is -0.724. The van der Waals surface area contributed by atoms with Crippen LogP contribution in [0.4, 0.5) is 24.8 Å². The fraction of sp³-hybridized carbons (Fsp3) is 0.222. The summed E-state index contributed by atoms with van der Waals surface area (Å²) in [6, 6.07) is 5.73. The Bertz CT molecular complexity index is 1950. The molecule has 216 valence electrons. The zero-order valence-corrected chi connectivity index (χ0v) is 22.7. The first kappa shape index (κ1) is 27.5. The zero-order chi connectivity index (χ0) is 29.5. The molecule has 1 atom stereocenters. The van der Waals surface area contributed by atoms with Crippen LogP contribution in [0, 0.1) is 17.5 Å². The molecule has 0 aliphatic carbocycles. The van der Waals surface area contributed by atoms with Crippen LogP contribution in [0.3, 0.4) is 0 Å². The van der Waals surface area contributed by atoms with Crippen molar-refractivity contribution in [2.45, 2.75) is 19.1 Å². The number of aryl methyl sites for hydroxylation is 1. The van der Waals surface area contributed by atoms with Gasteiger partial charge in [0.15, 0.2) is 18.7 Å². The molecule has 0 radical (unpaired) electrons. The molecule has 5 aromatic rings. The summed E-state index contributed by atoms with van der Waals surface area (Å²) >= 11 is 6.46. The molecule has 1 fully saturated rings. The van der Waals surface area contributed by atoms with Gasteiger partial charge in [-0.25, -0.2) is 27.3 Å². The minimum atomic E-state index is -1.39. The Morgan fingerprint density at radius 3 is 2.74 bits per heavy atom. The highest BCUT2D eigenvalue weighted by atomic mass is 35.5. The summed E-state index contributed by atoms with van der Waals surface area (Å²) in [6.07, 6.45) is 4.90. The molecule has 6 rings (SSSR count). The Balaban J connectivity index is 1.47. The van der Waals surface area contributed by atoms with Gasteiger partial charge in [0, 0.05) is 24.1 Å². The predicted molar refractivity (Wildman–Crippen MR) is 145 cm³/mol. The highest BCUT2D eigenvalue weighted by molar-refractivity contribution is 6.34. The van der Waals surface area contributed by atoms with Crippen molar-refractivity contribution in [3.63, 3.8) is 0 Å². The van der Waals surface area contributed by atoms with E-state index < -0.39 is 35.4 Å². The van der Waals surface area contributed by atoms with Crippen LogP contribution < -0.4 is 26.1 Å². The van der Waals surface area contributed by atoms with Gasteiger partial charge in [-0.15, -0.1) is 4.68 Å². The van der Waals surface area contributed by atoms with E-state index in [0.717, 1.165) is 15.5 Å². The second kappa shape index (κ2) is 10.9. The van der Waals surface area contributed by atoms with Gasteiger partial charge < -0.3 is 14.8 Å². The summed E-state index contributed by atoms with van der Waals surface area (Å²) in [5.41, 5.74) is -1.28. The lowest BCUT2D eigenvalue weighted by atomic mass is 10.2. The van der Waals surface area contributed by atoms with Crippen molar-refractivity contribution in [2.24, 2.45) is 7.05 Å². The summed E-state index contributed by atoms with van der Waals surface area (Å²) in [4.78, 5) is 35.2. The summed E-state index contributed by atoms with van der Waals surface area (Å²) in [5, 5.41) is 6.90. The summed E-state index contributed by atoms with van der Waals surface area (Å²) in [7, 11) is 1.78. The Morgan fingerprint density at radius 2 is 1.95 bits per heavy atom. The van der Waals surface area contributed by atoms with Gasteiger partial charge in [0.2, 0.25) is 12.1 Å². The quantitative estimate of drug-likeness (QED) is 0.218. The van der Waals surface area contributed by atoms with Crippen molar-refractivity contribution in [3.05, 3.63) is 97.9 Å². The minimum Gasteiger partial charge on any atom is -0.486 e. The van der Waals surface area contributed by atoms with Crippen LogP contribution in [0.2, 0.25) is 5.02 Å². The van der Waals surface area contributed by atoms with Crippen LogP contribution >= 0.6 is 11.6 Å². The van der Waals surface area contributed by atoms with E-state index in [1.807, 2.05) is 0 Å². The number of halogens is 4. The molecule has 0 amide bonds. The minimum absolute atomic E-state index is 0.0271. The maximum Gasteiger partial charge on any atom is 0.359 e. The van der Waals surface area contributed by atoms with Gasteiger partial charge in [-0.1, -0.05) is 11.6 Å². The highest BCUT2D eigenvalue weighted by Gasteiger charge is 2.21. The van der Waals surface area contributed by atoms with E-state index in [-0.39, 0.29) is 39.8 Å². The fourth-order valence-corrected chi connectivity index (χ4v) is 4.85. The number of benzene rings is 2. The number of nitrogens with one attached hydrogen (secondary N) is 2. The van der Waals surface area contributed by atoms with Gasteiger partial charge in [0.1, 0.15) is 23.2 Å². The fourth-order valence-electron chi connectivity index (χ4n) is 4.64. The number of H-pyrrole nitrogens is 1. The van der Waals surface area contributed by atoms with E-state index in [1.165, 1.54) is 18.5 Å². The molecule has 3 aromatic heterocycles. The van der Waals surface area contributed by atoms with Crippen LogP contribution in [-0.4, -0.2) is 43.5 Å². The standard InChI is InChI=1S/C27H21ClF3N7O4/c1-36-11-15-5-24(19(28)7-23(15)35-36)33-25-34-26(39)38(16-6-18(10-32-9-16)42-17-2-3-41-13-17)27(40)37(25)12-14-4-21(30)22(31)8-20(14)29/h4-11,17H,2-3,12-13H2,1H3,(H,33,34,39)/p+1/t17-/m0/s1. The van der Waals surface area contributed by atoms with Crippen LogP contribution in [0.25, 0.3) is 16.6 Å². The number of pyridine rings is 1. The Kier molecular flexibility index (Phi) is 7.16. The van der Waals surface area contributed by atoms with Crippen LogP contribution in [0.5, 0.6) is 5.75 Å². The molecule has 11 nitrogen and oxygen atoms in total. The molecular formula is C27H22ClF3N7O4+. The van der Waals surface area contributed by atoms with Crippen molar-refractivity contribution < 1.29 is 27.3 Å². The van der Waals surface area contributed by atoms with Crippen LogP contribution in [0.1, 0.15) is 12.0 Å². The molecule has 1 saturated heterocycles. The molecule has 0 spiro atoms. The van der Waals surface area contributed by atoms with Gasteiger partial charge in [-0.2, -0.15) is 10.1 Å². The lowest BCUT2D eigenvalue weighted by Crippen LogP contribution is -2.42. The molecule has 1 aliphatic heterocycles. The number of hydrogen-bond donors (Lipinski definition) is 2. The molecule has 4 heterocycles. The second-order valence-corrected chi connectivity index (χ2v) is 10.1. The summed E-state index contributed by atoms with van der Waals surface area (Å²) < 4.78 is 56.9. The molecule has 0 unspecified atom stereocenters. The van der Waals surface area contributed by atoms with Crippen molar-refractivity contribution in [1.29, 1.82) is 0 Å². The number of rotatable bonds is 7. The molecule has 0 bridgehead atoms. The molecule has 15 heteroatoms. The number of nitrogens with zero attached hydrogens (tertiary/aromatic N) is 5. The third-order valence-electron chi connectivity index (χ3n) is 6.65. The van der Waals surface area contributed by atoms with Gasteiger partial charge in [0.05, 0.1) is 53.9 Å². The zero-order valence-electron chi connectivity index (χ0n) is 21.9. The Labute approximate surface area is 239 Å². The number of fused-ring (bicyclic) bond motifs is 1. The SMILES string of the molecule is C[n+]1cc2cc(Nc3nc(=O)n(-c4cncc(O[C@H]5CCOC5)c4)c(=O)n3Cc3cc(F)c(F)cc3F)c(Cl)cc2[nH]1. The molecule has 1 aliphatic rings. The number of anilines is 2. The first-order chi connectivity index (χ1) is 20.2. The predicted octanol–water partition coefficient (Wildman–Crippen LogP) is 3.13. The normalized spacial score (nSPS) is 14.9. The monoisotopic (exact) mass is 600 g/mol. The molecular weight excluding hydrogens is 579 g/mol. The van der Waals surface area contributed by atoms with E-state index in [0.29, 0.717) is 36.3 Å². The maximum atomic E-state index is 14.7. The number of aromatic nitrogens is 6. The molecule has 2 aromatic carbocycles. The average molecular weight is 601 g/mol. The van der Waals surface area contributed by atoms with E-state index in [2.05, 4.69) is 20.4 Å². The van der Waals surface area contributed by atoms with Gasteiger partial charge in [0.25, 0.3) is 0 Å². The van der Waals surface area contributed by atoms with Crippen molar-refractivity contribution in [2.75, 3.05) is 18.5 Å². The number of aromatic amines is 1. The first-order valence-electron chi connectivity index (χ1n) is 12.7. The van der Waals surface area contributed by atoms with Gasteiger partial charge in [-0.3, -0.25) is 9.55 Å². The van der Waals surface area contributed by atoms with E-state index >= 15 is 0 Å². The molecule has 2 N–H and O–H groups in total. The Morgan fingerprint density at radius 1 is 1.14 bits per heavy atom. The third kappa shape index (κ3) is 5.33. The van der Waals surface area contributed by atoms with Crippen molar-refractivity contribution in [1.82, 2.24) is 24.2 Å². The lowest BCUT2D eigenvalue weighted by Gasteiger charge is -2.17. The first-order valence-corrected chi connectivity index (χ1v) is 13.1. The van der Waals surface area contributed by atoms with Crippen LogP contribution in [0.15, 0.2) is 58.5 Å². The number of hydrogen-bond acceptors (Lipinski definition) is 7. The Hall–Kier alpha value is -4.69. The van der Waals surface area contributed by atoms with Crippen molar-refractivity contribution in [3.8, 4) is 11.4 Å². The summed E-state index contributed by atoms with van der Waals surface area (Å²) in [6.45, 7) is 0.313. The van der Waals surface area contributed by atoms with Crippen molar-refractivity contribution >= 4 is 34.1 Å². The maximum absolute atomic E-state index is 14.7. The molecule has 0 saturated carbocycles. The van der Waals surface area contributed by atoms with Gasteiger partial charge >= 0.3 is 11.4 Å². The van der Waals surface area contributed by atoms with Gasteiger partial charge in [-0.05, 0) is 18.2 Å². The van der Waals surface area contributed by atoms with E-state index in [9.17, 15) is 22.8 Å². The van der Waals surface area contributed by atoms with Crippen LogP contribution in [-0.2, 0) is 18.3 Å². The topological polar surface area (TPSA) is 120 Å². The third-order valence-corrected chi connectivity index (χ3v) is 6.96. The second-order valence-electron chi connectivity index (χ2n) is 9.66. The van der Waals surface area contributed by atoms with E-state index in [1.54, 1.807) is 30.1 Å². The largest absolute Gasteiger partial charge is 0.486 e. The molecule has 42 heavy (non-hydrogen) atoms. The highest BCUT2D eigenvalue weighted by Crippen LogP contribution is 2.29. The smallest absolute Gasteiger partial charge is 0.359 e. The summed E-state index contributed by atoms with van der Waals surface area (Å²) in [5.74, 6) is -3.82. The average Bonchev–Trinajstić information content (AvgIpc) is 3.58. The number of ether oxygens (including phenoxy) is 2. The van der Waals surface area contributed by atoms with E-state index in [4.69, 9.17) is 21.1 Å².